The highest BCUT2D eigenvalue weighted by Gasteiger charge is 2.29. The molecule has 2 rings (SSSR count). The van der Waals surface area contributed by atoms with Gasteiger partial charge in [-0.3, -0.25) is 9.59 Å². The summed E-state index contributed by atoms with van der Waals surface area (Å²) in [5, 5.41) is 11.8. The zero-order chi connectivity index (χ0) is 24.2. The number of ether oxygens (including phenoxy) is 1. The highest BCUT2D eigenvalue weighted by atomic mass is 16.5. The largest absolute Gasteiger partial charge is 0.480 e. The Bertz CT molecular complexity index is 932. The van der Waals surface area contributed by atoms with E-state index < -0.39 is 35.8 Å². The first-order valence-electron chi connectivity index (χ1n) is 10.9. The molecule has 0 aromatic heterocycles. The fourth-order valence-electron chi connectivity index (χ4n) is 3.27. The van der Waals surface area contributed by atoms with Gasteiger partial charge in [0, 0.05) is 6.42 Å². The predicted octanol–water partition coefficient (Wildman–Crippen LogP) is 2.36. The number of benzene rings is 2. The molecular formula is C25H30N2O6. The number of ketones is 1. The molecule has 0 radical (unpaired) electrons. The number of hydrogen-bond acceptors (Lipinski definition) is 6. The molecule has 0 fully saturated rings. The number of carbonyl (C=O) groups is 4. The van der Waals surface area contributed by atoms with E-state index in [0.29, 0.717) is 18.4 Å². The molecule has 2 aromatic rings. The Morgan fingerprint density at radius 1 is 1.00 bits per heavy atom. The zero-order valence-electron chi connectivity index (χ0n) is 18.6. The predicted molar refractivity (Wildman–Crippen MR) is 122 cm³/mol. The molecule has 8 heteroatoms. The third-order valence-electron chi connectivity index (χ3n) is 5.15. The lowest BCUT2D eigenvalue weighted by molar-refractivity contribution is -0.143. The zero-order valence-corrected chi connectivity index (χ0v) is 18.6. The first kappa shape index (κ1) is 25.7. The highest BCUT2D eigenvalue weighted by molar-refractivity contribution is 5.92. The van der Waals surface area contributed by atoms with Crippen LogP contribution < -0.4 is 11.1 Å². The smallest absolute Gasteiger partial charge is 0.338 e. The number of carboxylic acids is 1. The summed E-state index contributed by atoms with van der Waals surface area (Å²) < 4.78 is 5.27. The van der Waals surface area contributed by atoms with Crippen LogP contribution in [0.2, 0.25) is 0 Å². The number of Topliss-reactive ketones (excluding diaryl/α,β-unsaturated/α-hetero) is 1. The minimum absolute atomic E-state index is 0.235. The maximum atomic E-state index is 12.8. The van der Waals surface area contributed by atoms with Crippen molar-refractivity contribution in [2.45, 2.75) is 44.7 Å². The van der Waals surface area contributed by atoms with Gasteiger partial charge in [0.1, 0.15) is 12.6 Å². The van der Waals surface area contributed by atoms with Gasteiger partial charge < -0.3 is 20.9 Å². The molecule has 0 aliphatic heterocycles. The lowest BCUT2D eigenvalue weighted by Crippen LogP contribution is -2.46. The van der Waals surface area contributed by atoms with Crippen LogP contribution in [0.25, 0.3) is 0 Å². The first-order chi connectivity index (χ1) is 15.8. The van der Waals surface area contributed by atoms with Crippen LogP contribution in [0.1, 0.15) is 42.1 Å². The summed E-state index contributed by atoms with van der Waals surface area (Å²) in [5.74, 6) is -3.92. The fraction of sp³-hybridized carbons (Fsp3) is 0.360. The summed E-state index contributed by atoms with van der Waals surface area (Å²) in [6.07, 6.45) is 0.802. The molecule has 8 nitrogen and oxygen atoms in total. The number of rotatable bonds is 13. The normalized spacial score (nSPS) is 13.4. The van der Waals surface area contributed by atoms with E-state index in [2.05, 4.69) is 5.32 Å². The highest BCUT2D eigenvalue weighted by Crippen LogP contribution is 2.13. The van der Waals surface area contributed by atoms with Gasteiger partial charge >= 0.3 is 11.9 Å². The molecular weight excluding hydrogens is 424 g/mol. The summed E-state index contributed by atoms with van der Waals surface area (Å²) in [7, 11) is 0. The minimum atomic E-state index is -1.17. The second-order valence-electron chi connectivity index (χ2n) is 7.82. The van der Waals surface area contributed by atoms with Crippen molar-refractivity contribution in [3.8, 4) is 0 Å². The van der Waals surface area contributed by atoms with Gasteiger partial charge in [0.2, 0.25) is 5.91 Å². The molecule has 1 amide bonds. The number of carbonyl (C=O) groups excluding carboxylic acids is 3. The van der Waals surface area contributed by atoms with Gasteiger partial charge in [-0.25, -0.2) is 9.59 Å². The number of nitrogens with two attached hydrogens (primary N) is 1. The summed E-state index contributed by atoms with van der Waals surface area (Å²) in [6.45, 7) is 1.43. The molecule has 0 saturated carbocycles. The minimum Gasteiger partial charge on any atom is -0.480 e. The lowest BCUT2D eigenvalue weighted by Gasteiger charge is -2.21. The van der Waals surface area contributed by atoms with Gasteiger partial charge in [0.15, 0.2) is 5.78 Å². The van der Waals surface area contributed by atoms with Gasteiger partial charge in [-0.1, -0.05) is 61.9 Å². The summed E-state index contributed by atoms with van der Waals surface area (Å²) in [4.78, 5) is 49.4. The average molecular weight is 455 g/mol. The van der Waals surface area contributed by atoms with Crippen LogP contribution in [0.4, 0.5) is 0 Å². The van der Waals surface area contributed by atoms with E-state index in [-0.39, 0.29) is 25.2 Å². The van der Waals surface area contributed by atoms with Crippen LogP contribution in [-0.4, -0.2) is 47.4 Å². The van der Waals surface area contributed by atoms with Crippen molar-refractivity contribution in [1.82, 2.24) is 5.32 Å². The van der Waals surface area contributed by atoms with E-state index in [4.69, 9.17) is 10.5 Å². The maximum absolute atomic E-state index is 12.8. The molecule has 0 saturated heterocycles. The SMILES string of the molecule is CCC[C@H](NC(=O)[C@H](COC(=O)c1ccccc1)CC(=O)[C@@H](N)Cc1ccccc1)C(=O)O. The first-order valence-corrected chi connectivity index (χ1v) is 10.9. The van der Waals surface area contributed by atoms with E-state index in [0.717, 1.165) is 5.56 Å². The Labute approximate surface area is 193 Å². The lowest BCUT2D eigenvalue weighted by atomic mass is 9.94. The number of carboxylic acid groups (broad SMARTS) is 1. The Balaban J connectivity index is 2.09. The maximum Gasteiger partial charge on any atom is 0.338 e. The molecule has 4 N–H and O–H groups in total. The Hall–Kier alpha value is -3.52. The van der Waals surface area contributed by atoms with Gasteiger partial charge in [0.05, 0.1) is 17.5 Å². The van der Waals surface area contributed by atoms with Crippen molar-refractivity contribution in [2.75, 3.05) is 6.61 Å². The van der Waals surface area contributed by atoms with Crippen molar-refractivity contribution < 1.29 is 29.0 Å². The molecule has 0 aliphatic carbocycles. The summed E-state index contributed by atoms with van der Waals surface area (Å²) >= 11 is 0. The van der Waals surface area contributed by atoms with E-state index in [9.17, 15) is 24.3 Å². The van der Waals surface area contributed by atoms with Crippen molar-refractivity contribution >= 4 is 23.6 Å². The molecule has 0 aliphatic rings. The third-order valence-corrected chi connectivity index (χ3v) is 5.15. The van der Waals surface area contributed by atoms with Crippen LogP contribution in [0.5, 0.6) is 0 Å². The molecule has 0 unspecified atom stereocenters. The summed E-state index contributed by atoms with van der Waals surface area (Å²) in [5.41, 5.74) is 7.24. The van der Waals surface area contributed by atoms with Crippen LogP contribution in [0.3, 0.4) is 0 Å². The third kappa shape index (κ3) is 8.50. The number of hydrogen-bond donors (Lipinski definition) is 3. The Morgan fingerprint density at radius 3 is 2.18 bits per heavy atom. The number of amides is 1. The van der Waals surface area contributed by atoms with Crippen LogP contribution in [0, 0.1) is 5.92 Å². The molecule has 0 heterocycles. The van der Waals surface area contributed by atoms with Crippen LogP contribution >= 0.6 is 0 Å². The molecule has 176 valence electrons. The summed E-state index contributed by atoms with van der Waals surface area (Å²) in [6, 6.07) is 15.5. The average Bonchev–Trinajstić information content (AvgIpc) is 2.82. The second-order valence-corrected chi connectivity index (χ2v) is 7.82. The van der Waals surface area contributed by atoms with Crippen molar-refractivity contribution in [1.29, 1.82) is 0 Å². The van der Waals surface area contributed by atoms with Crippen molar-refractivity contribution in [2.24, 2.45) is 11.7 Å². The monoisotopic (exact) mass is 454 g/mol. The van der Waals surface area contributed by atoms with Gasteiger partial charge in [0.25, 0.3) is 0 Å². The van der Waals surface area contributed by atoms with Crippen molar-refractivity contribution in [3.63, 3.8) is 0 Å². The molecule has 3 atom stereocenters. The molecule has 33 heavy (non-hydrogen) atoms. The Morgan fingerprint density at radius 2 is 1.61 bits per heavy atom. The van der Waals surface area contributed by atoms with Crippen molar-refractivity contribution in [3.05, 3.63) is 71.8 Å². The Kier molecular flexibility index (Phi) is 10.2. The molecule has 2 aromatic carbocycles. The number of aliphatic carboxylic acids is 1. The van der Waals surface area contributed by atoms with E-state index in [1.54, 1.807) is 37.3 Å². The van der Waals surface area contributed by atoms with E-state index >= 15 is 0 Å². The second kappa shape index (κ2) is 13.1. The molecule has 0 bridgehead atoms. The van der Waals surface area contributed by atoms with E-state index in [1.807, 2.05) is 30.3 Å². The standard InChI is InChI=1S/C25H30N2O6/c1-2-9-21(24(30)31)27-23(29)19(16-33-25(32)18-12-7-4-8-13-18)15-22(28)20(26)14-17-10-5-3-6-11-17/h3-8,10-13,19-21H,2,9,14-16,26H2,1H3,(H,27,29)(H,30,31)/t19-,20-,21-/m0/s1. The number of nitrogens with one attached hydrogen (secondary N) is 1. The van der Waals surface area contributed by atoms with Crippen LogP contribution in [-0.2, 0) is 25.5 Å². The van der Waals surface area contributed by atoms with Crippen LogP contribution in [0.15, 0.2) is 60.7 Å². The number of esters is 1. The van der Waals surface area contributed by atoms with Gasteiger partial charge in [-0.2, -0.15) is 0 Å². The fourth-order valence-corrected chi connectivity index (χ4v) is 3.27. The molecule has 0 spiro atoms. The van der Waals surface area contributed by atoms with E-state index in [1.165, 1.54) is 0 Å². The van der Waals surface area contributed by atoms with Gasteiger partial charge in [-0.15, -0.1) is 0 Å². The van der Waals surface area contributed by atoms with Gasteiger partial charge in [-0.05, 0) is 30.5 Å². The quantitative estimate of drug-likeness (QED) is 0.395. The topological polar surface area (TPSA) is 136 Å².